The lowest BCUT2D eigenvalue weighted by atomic mass is 10.2. The second kappa shape index (κ2) is 7.24. The Morgan fingerprint density at radius 3 is 2.70 bits per heavy atom. The molecule has 0 saturated carbocycles. The van der Waals surface area contributed by atoms with Crippen molar-refractivity contribution >= 4 is 23.1 Å². The molecular weight excluding hydrogens is 346 g/mol. The number of carbonyl (C=O) groups excluding carboxylic acids is 2. The van der Waals surface area contributed by atoms with Crippen LogP contribution >= 0.6 is 0 Å². The Kier molecular flexibility index (Phi) is 4.64. The molecule has 0 radical (unpaired) electrons. The van der Waals surface area contributed by atoms with Crippen LogP contribution in [0.25, 0.3) is 5.52 Å². The third kappa shape index (κ3) is 3.85. The number of piperazine rings is 1. The van der Waals surface area contributed by atoms with Gasteiger partial charge in [-0.2, -0.15) is 0 Å². The van der Waals surface area contributed by atoms with E-state index in [1.807, 2.05) is 50.9 Å². The van der Waals surface area contributed by atoms with E-state index in [9.17, 15) is 9.59 Å². The predicted molar refractivity (Wildman–Crippen MR) is 99.6 cm³/mol. The van der Waals surface area contributed by atoms with Crippen LogP contribution in [-0.4, -0.2) is 63.9 Å². The first-order valence-electron chi connectivity index (χ1n) is 8.90. The zero-order valence-corrected chi connectivity index (χ0v) is 15.1. The highest BCUT2D eigenvalue weighted by Crippen LogP contribution is 2.14. The van der Waals surface area contributed by atoms with Crippen molar-refractivity contribution < 1.29 is 14.1 Å². The zero-order chi connectivity index (χ0) is 18.8. The van der Waals surface area contributed by atoms with Crippen LogP contribution in [0.4, 0.5) is 5.82 Å². The molecule has 1 fully saturated rings. The van der Waals surface area contributed by atoms with E-state index in [-0.39, 0.29) is 18.4 Å². The standard InChI is InChI=1S/C19H21N5O3/c1-14-10-17(21-27-14)20-18(25)13-22-6-8-23(9-7-22)19(26)15-11-16-4-2-3-5-24(16)12-15/h2-5,10-12H,6-9,13H2,1H3,(H,20,21,25). The van der Waals surface area contributed by atoms with Crippen LogP contribution in [-0.2, 0) is 4.79 Å². The largest absolute Gasteiger partial charge is 0.360 e. The normalized spacial score (nSPS) is 15.2. The lowest BCUT2D eigenvalue weighted by molar-refractivity contribution is -0.117. The maximum absolute atomic E-state index is 12.7. The van der Waals surface area contributed by atoms with Gasteiger partial charge in [-0.3, -0.25) is 14.5 Å². The molecule has 4 rings (SSSR count). The summed E-state index contributed by atoms with van der Waals surface area (Å²) < 4.78 is 6.88. The Bertz CT molecular complexity index is 936. The summed E-state index contributed by atoms with van der Waals surface area (Å²) in [5.74, 6) is 0.963. The van der Waals surface area contributed by atoms with Crippen molar-refractivity contribution in [2.75, 3.05) is 38.0 Å². The first-order chi connectivity index (χ1) is 13.1. The minimum absolute atomic E-state index is 0.0286. The van der Waals surface area contributed by atoms with Gasteiger partial charge < -0.3 is 19.1 Å². The van der Waals surface area contributed by atoms with Gasteiger partial charge in [-0.05, 0) is 25.1 Å². The summed E-state index contributed by atoms with van der Waals surface area (Å²) in [6, 6.07) is 9.45. The van der Waals surface area contributed by atoms with E-state index in [1.54, 1.807) is 13.0 Å². The number of pyridine rings is 1. The Morgan fingerprint density at radius 2 is 2.00 bits per heavy atom. The molecule has 1 aliphatic rings. The summed E-state index contributed by atoms with van der Waals surface area (Å²) in [7, 11) is 0. The van der Waals surface area contributed by atoms with Crippen LogP contribution in [0, 0.1) is 6.92 Å². The number of rotatable bonds is 4. The number of aromatic nitrogens is 2. The number of hydrogen-bond acceptors (Lipinski definition) is 5. The molecular formula is C19H21N5O3. The molecule has 4 heterocycles. The fraction of sp³-hybridized carbons (Fsp3) is 0.316. The third-order valence-corrected chi connectivity index (χ3v) is 4.67. The number of fused-ring (bicyclic) bond motifs is 1. The van der Waals surface area contributed by atoms with Crippen molar-refractivity contribution in [3.8, 4) is 0 Å². The SMILES string of the molecule is Cc1cc(NC(=O)CN2CCN(C(=O)c3cc4ccccn4c3)CC2)no1. The van der Waals surface area contributed by atoms with E-state index < -0.39 is 0 Å². The molecule has 1 saturated heterocycles. The smallest absolute Gasteiger partial charge is 0.255 e. The van der Waals surface area contributed by atoms with Gasteiger partial charge in [0.25, 0.3) is 5.91 Å². The summed E-state index contributed by atoms with van der Waals surface area (Å²) in [6.07, 6.45) is 3.79. The number of carbonyl (C=O) groups is 2. The molecule has 27 heavy (non-hydrogen) atoms. The number of nitrogens with one attached hydrogen (secondary N) is 1. The highest BCUT2D eigenvalue weighted by molar-refractivity contribution is 5.95. The molecule has 0 spiro atoms. The predicted octanol–water partition coefficient (Wildman–Crippen LogP) is 1.63. The summed E-state index contributed by atoms with van der Waals surface area (Å²) in [6.45, 7) is 4.55. The Morgan fingerprint density at radius 1 is 1.19 bits per heavy atom. The molecule has 0 bridgehead atoms. The second-order valence-electron chi connectivity index (χ2n) is 6.70. The van der Waals surface area contributed by atoms with Gasteiger partial charge in [-0.15, -0.1) is 0 Å². The summed E-state index contributed by atoms with van der Waals surface area (Å²) in [5, 5.41) is 6.47. The number of hydrogen-bond donors (Lipinski definition) is 1. The van der Waals surface area contributed by atoms with Crippen molar-refractivity contribution in [2.24, 2.45) is 0 Å². The molecule has 8 heteroatoms. The van der Waals surface area contributed by atoms with E-state index >= 15 is 0 Å². The van der Waals surface area contributed by atoms with E-state index in [4.69, 9.17) is 4.52 Å². The van der Waals surface area contributed by atoms with Crippen molar-refractivity contribution in [3.05, 3.63) is 54.0 Å². The lowest BCUT2D eigenvalue weighted by Crippen LogP contribution is -2.50. The molecule has 0 atom stereocenters. The van der Waals surface area contributed by atoms with E-state index in [0.29, 0.717) is 43.3 Å². The summed E-state index contributed by atoms with van der Waals surface area (Å²) >= 11 is 0. The van der Waals surface area contributed by atoms with Gasteiger partial charge in [0, 0.05) is 50.2 Å². The zero-order valence-electron chi connectivity index (χ0n) is 15.1. The highest BCUT2D eigenvalue weighted by atomic mass is 16.5. The monoisotopic (exact) mass is 367 g/mol. The molecule has 0 aliphatic carbocycles. The van der Waals surface area contributed by atoms with Crippen LogP contribution in [0.5, 0.6) is 0 Å². The number of aryl methyl sites for hydroxylation is 1. The van der Waals surface area contributed by atoms with Gasteiger partial charge in [-0.25, -0.2) is 0 Å². The second-order valence-corrected chi connectivity index (χ2v) is 6.70. The molecule has 1 aliphatic heterocycles. The van der Waals surface area contributed by atoms with Crippen LogP contribution in [0.3, 0.4) is 0 Å². The maximum atomic E-state index is 12.7. The van der Waals surface area contributed by atoms with Crippen LogP contribution < -0.4 is 5.32 Å². The van der Waals surface area contributed by atoms with Gasteiger partial charge in [0.1, 0.15) is 5.76 Å². The van der Waals surface area contributed by atoms with E-state index in [0.717, 1.165) is 5.52 Å². The molecule has 1 N–H and O–H groups in total. The van der Waals surface area contributed by atoms with Gasteiger partial charge in [-0.1, -0.05) is 11.2 Å². The molecule has 0 aromatic carbocycles. The minimum atomic E-state index is -0.137. The molecule has 0 unspecified atom stereocenters. The number of nitrogens with zero attached hydrogens (tertiary/aromatic N) is 4. The topological polar surface area (TPSA) is 83.1 Å². The van der Waals surface area contributed by atoms with Crippen LogP contribution in [0.15, 0.2) is 47.2 Å². The van der Waals surface area contributed by atoms with Gasteiger partial charge in [0.05, 0.1) is 12.1 Å². The van der Waals surface area contributed by atoms with Gasteiger partial charge >= 0.3 is 0 Å². The van der Waals surface area contributed by atoms with Crippen molar-refractivity contribution in [1.29, 1.82) is 0 Å². The lowest BCUT2D eigenvalue weighted by Gasteiger charge is -2.34. The fourth-order valence-electron chi connectivity index (χ4n) is 3.27. The quantitative estimate of drug-likeness (QED) is 0.758. The molecule has 3 aromatic rings. The van der Waals surface area contributed by atoms with Crippen LogP contribution in [0.2, 0.25) is 0 Å². The maximum Gasteiger partial charge on any atom is 0.255 e. The number of anilines is 1. The Hall–Kier alpha value is -3.13. The molecule has 8 nitrogen and oxygen atoms in total. The summed E-state index contributed by atoms with van der Waals surface area (Å²) in [5.41, 5.74) is 1.69. The molecule has 2 amide bonds. The van der Waals surface area contributed by atoms with E-state index in [1.165, 1.54) is 0 Å². The Labute approximate surface area is 156 Å². The third-order valence-electron chi connectivity index (χ3n) is 4.67. The van der Waals surface area contributed by atoms with Crippen LogP contribution in [0.1, 0.15) is 16.1 Å². The van der Waals surface area contributed by atoms with Gasteiger partial charge in [0.2, 0.25) is 5.91 Å². The minimum Gasteiger partial charge on any atom is -0.360 e. The highest BCUT2D eigenvalue weighted by Gasteiger charge is 2.24. The fourth-order valence-corrected chi connectivity index (χ4v) is 3.27. The Balaban J connectivity index is 1.30. The van der Waals surface area contributed by atoms with Gasteiger partial charge in [0.15, 0.2) is 5.82 Å². The first kappa shape index (κ1) is 17.3. The molecule has 140 valence electrons. The summed E-state index contributed by atoms with van der Waals surface area (Å²) in [4.78, 5) is 28.7. The van der Waals surface area contributed by atoms with Crippen molar-refractivity contribution in [3.63, 3.8) is 0 Å². The average molecular weight is 367 g/mol. The molecule has 3 aromatic heterocycles. The van der Waals surface area contributed by atoms with Crippen molar-refractivity contribution in [2.45, 2.75) is 6.92 Å². The number of amides is 2. The van der Waals surface area contributed by atoms with E-state index in [2.05, 4.69) is 10.5 Å². The first-order valence-corrected chi connectivity index (χ1v) is 8.90. The van der Waals surface area contributed by atoms with Crippen molar-refractivity contribution in [1.82, 2.24) is 19.4 Å². The average Bonchev–Trinajstić information content (AvgIpc) is 3.27.